The van der Waals surface area contributed by atoms with Crippen LogP contribution in [0.25, 0.3) is 0 Å². The largest absolute Gasteiger partial charge is 0.389 e. The highest BCUT2D eigenvalue weighted by Gasteiger charge is 2.12. The van der Waals surface area contributed by atoms with Gasteiger partial charge in [-0.25, -0.2) is 4.39 Å². The summed E-state index contributed by atoms with van der Waals surface area (Å²) in [5, 5.41) is 9.90. The van der Waals surface area contributed by atoms with Crippen LogP contribution < -0.4 is 0 Å². The SMILES string of the molecule is C#CCOC[C@H](O)CN(CCC)Cc1ccc(F)cc1. The van der Waals surface area contributed by atoms with Gasteiger partial charge in [-0.05, 0) is 30.7 Å². The normalized spacial score (nSPS) is 12.3. The fourth-order valence-electron chi connectivity index (χ4n) is 2.00. The number of aliphatic hydroxyl groups is 1. The lowest BCUT2D eigenvalue weighted by Crippen LogP contribution is -2.35. The first-order valence-corrected chi connectivity index (χ1v) is 6.81. The van der Waals surface area contributed by atoms with Gasteiger partial charge in [0, 0.05) is 13.1 Å². The molecule has 1 N–H and O–H groups in total. The van der Waals surface area contributed by atoms with Crippen molar-refractivity contribution in [3.8, 4) is 12.3 Å². The first-order chi connectivity index (χ1) is 9.65. The molecule has 0 amide bonds. The van der Waals surface area contributed by atoms with Gasteiger partial charge in [0.2, 0.25) is 0 Å². The van der Waals surface area contributed by atoms with Gasteiger partial charge in [0.05, 0.1) is 12.7 Å². The second-order valence-electron chi connectivity index (χ2n) is 4.73. The second kappa shape index (κ2) is 9.49. The summed E-state index contributed by atoms with van der Waals surface area (Å²) in [4.78, 5) is 2.12. The lowest BCUT2D eigenvalue weighted by molar-refractivity contribution is 0.0261. The van der Waals surface area contributed by atoms with Crippen molar-refractivity contribution in [1.29, 1.82) is 0 Å². The zero-order valence-corrected chi connectivity index (χ0v) is 11.9. The third-order valence-electron chi connectivity index (χ3n) is 2.82. The van der Waals surface area contributed by atoms with E-state index in [1.54, 1.807) is 12.1 Å². The lowest BCUT2D eigenvalue weighted by Gasteiger charge is -2.24. The lowest BCUT2D eigenvalue weighted by atomic mass is 10.2. The van der Waals surface area contributed by atoms with E-state index in [9.17, 15) is 9.50 Å². The average molecular weight is 279 g/mol. The van der Waals surface area contributed by atoms with Crippen LogP contribution in [0.2, 0.25) is 0 Å². The first-order valence-electron chi connectivity index (χ1n) is 6.81. The van der Waals surface area contributed by atoms with Crippen molar-refractivity contribution < 1.29 is 14.2 Å². The number of nitrogens with zero attached hydrogens (tertiary/aromatic N) is 1. The number of benzene rings is 1. The number of aliphatic hydroxyl groups excluding tert-OH is 1. The molecule has 1 aromatic carbocycles. The second-order valence-corrected chi connectivity index (χ2v) is 4.73. The van der Waals surface area contributed by atoms with Crippen LogP contribution in [0.4, 0.5) is 4.39 Å². The van der Waals surface area contributed by atoms with Crippen LogP contribution in [0.1, 0.15) is 18.9 Å². The molecule has 0 fully saturated rings. The molecule has 1 atom stereocenters. The maximum Gasteiger partial charge on any atom is 0.123 e. The minimum Gasteiger partial charge on any atom is -0.389 e. The van der Waals surface area contributed by atoms with E-state index in [0.717, 1.165) is 18.5 Å². The monoisotopic (exact) mass is 279 g/mol. The molecule has 0 spiro atoms. The summed E-state index contributed by atoms with van der Waals surface area (Å²) in [6.07, 6.45) is 5.49. The van der Waals surface area contributed by atoms with Crippen LogP contribution in [0.15, 0.2) is 24.3 Å². The predicted octanol–water partition coefficient (Wildman–Crippen LogP) is 2.05. The zero-order valence-electron chi connectivity index (χ0n) is 11.9. The molecule has 0 aliphatic rings. The number of rotatable bonds is 9. The number of ether oxygens (including phenoxy) is 1. The van der Waals surface area contributed by atoms with E-state index in [2.05, 4.69) is 17.7 Å². The van der Waals surface area contributed by atoms with Gasteiger partial charge in [-0.15, -0.1) is 6.42 Å². The summed E-state index contributed by atoms with van der Waals surface area (Å²) in [7, 11) is 0. The molecular weight excluding hydrogens is 257 g/mol. The highest BCUT2D eigenvalue weighted by molar-refractivity contribution is 5.15. The molecule has 0 aliphatic carbocycles. The molecule has 1 rings (SSSR count). The summed E-state index contributed by atoms with van der Waals surface area (Å²) >= 11 is 0. The molecule has 0 aromatic heterocycles. The van der Waals surface area contributed by atoms with Crippen LogP contribution in [-0.2, 0) is 11.3 Å². The minimum absolute atomic E-state index is 0.211. The summed E-state index contributed by atoms with van der Waals surface area (Å²) in [6, 6.07) is 6.43. The van der Waals surface area contributed by atoms with Gasteiger partial charge in [-0.1, -0.05) is 25.0 Å². The molecule has 0 heterocycles. The molecule has 0 saturated carbocycles. The third kappa shape index (κ3) is 6.67. The van der Waals surface area contributed by atoms with Gasteiger partial charge in [-0.3, -0.25) is 4.90 Å². The molecule has 1 aromatic rings. The predicted molar refractivity (Wildman–Crippen MR) is 77.6 cm³/mol. The van der Waals surface area contributed by atoms with Gasteiger partial charge in [0.1, 0.15) is 12.4 Å². The number of hydrogen-bond acceptors (Lipinski definition) is 3. The standard InChI is InChI=1S/C16H22FNO2/c1-3-9-18(12-16(19)13-20-10-4-2)11-14-5-7-15(17)8-6-14/h2,5-8,16,19H,3,9-13H2,1H3/t16-/m1/s1. The van der Waals surface area contributed by atoms with Crippen molar-refractivity contribution in [2.24, 2.45) is 0 Å². The fourth-order valence-corrected chi connectivity index (χ4v) is 2.00. The summed E-state index contributed by atoms with van der Waals surface area (Å²) in [5.41, 5.74) is 1.02. The Morgan fingerprint density at radius 2 is 2.10 bits per heavy atom. The Bertz CT molecular complexity index is 413. The Hall–Kier alpha value is -1.41. The van der Waals surface area contributed by atoms with E-state index in [4.69, 9.17) is 11.2 Å². The van der Waals surface area contributed by atoms with Crippen LogP contribution in [0.3, 0.4) is 0 Å². The van der Waals surface area contributed by atoms with Gasteiger partial charge in [-0.2, -0.15) is 0 Å². The number of hydrogen-bond donors (Lipinski definition) is 1. The van der Waals surface area contributed by atoms with Crippen LogP contribution in [-0.4, -0.2) is 42.4 Å². The highest BCUT2D eigenvalue weighted by atomic mass is 19.1. The van der Waals surface area contributed by atoms with Crippen molar-refractivity contribution in [2.75, 3.05) is 26.3 Å². The summed E-state index contributed by atoms with van der Waals surface area (Å²) in [6.45, 7) is 4.58. The van der Waals surface area contributed by atoms with Crippen molar-refractivity contribution in [3.63, 3.8) is 0 Å². The van der Waals surface area contributed by atoms with E-state index in [-0.39, 0.29) is 19.0 Å². The average Bonchev–Trinajstić information content (AvgIpc) is 2.42. The third-order valence-corrected chi connectivity index (χ3v) is 2.82. The van der Waals surface area contributed by atoms with Crippen LogP contribution in [0.5, 0.6) is 0 Å². The molecule has 0 aliphatic heterocycles. The molecule has 0 unspecified atom stereocenters. The minimum atomic E-state index is -0.574. The van der Waals surface area contributed by atoms with Crippen molar-refractivity contribution >= 4 is 0 Å². The van der Waals surface area contributed by atoms with Crippen LogP contribution >= 0.6 is 0 Å². The molecular formula is C16H22FNO2. The molecule has 0 bridgehead atoms. The number of terminal acetylenes is 1. The fraction of sp³-hybridized carbons (Fsp3) is 0.500. The topological polar surface area (TPSA) is 32.7 Å². The van der Waals surface area contributed by atoms with Gasteiger partial charge >= 0.3 is 0 Å². The molecule has 3 nitrogen and oxygen atoms in total. The molecule has 0 saturated heterocycles. The molecule has 20 heavy (non-hydrogen) atoms. The maximum absolute atomic E-state index is 12.9. The summed E-state index contributed by atoms with van der Waals surface area (Å²) < 4.78 is 18.0. The number of halogens is 1. The Kier molecular flexibility index (Phi) is 7.89. The van der Waals surface area contributed by atoms with Crippen molar-refractivity contribution in [1.82, 2.24) is 4.90 Å². The van der Waals surface area contributed by atoms with E-state index >= 15 is 0 Å². The molecule has 0 radical (unpaired) electrons. The van der Waals surface area contributed by atoms with Crippen LogP contribution in [0, 0.1) is 18.2 Å². The van der Waals surface area contributed by atoms with E-state index in [0.29, 0.717) is 13.1 Å². The smallest absolute Gasteiger partial charge is 0.123 e. The Labute approximate surface area is 120 Å². The quantitative estimate of drug-likeness (QED) is 0.555. The Morgan fingerprint density at radius 3 is 2.70 bits per heavy atom. The zero-order chi connectivity index (χ0) is 14.8. The van der Waals surface area contributed by atoms with E-state index < -0.39 is 6.10 Å². The van der Waals surface area contributed by atoms with Crippen molar-refractivity contribution in [3.05, 3.63) is 35.6 Å². The van der Waals surface area contributed by atoms with Gasteiger partial charge in [0.15, 0.2) is 0 Å². The first kappa shape index (κ1) is 16.6. The van der Waals surface area contributed by atoms with E-state index in [1.165, 1.54) is 12.1 Å². The Morgan fingerprint density at radius 1 is 1.40 bits per heavy atom. The van der Waals surface area contributed by atoms with Gasteiger partial charge in [0.25, 0.3) is 0 Å². The highest BCUT2D eigenvalue weighted by Crippen LogP contribution is 2.08. The van der Waals surface area contributed by atoms with Crippen molar-refractivity contribution in [2.45, 2.75) is 26.0 Å². The maximum atomic E-state index is 12.9. The molecule has 110 valence electrons. The Balaban J connectivity index is 2.47. The van der Waals surface area contributed by atoms with E-state index in [1.807, 2.05) is 0 Å². The molecule has 4 heteroatoms. The van der Waals surface area contributed by atoms with Gasteiger partial charge < -0.3 is 9.84 Å². The summed E-state index contributed by atoms with van der Waals surface area (Å²) in [5.74, 6) is 2.13.